The maximum absolute atomic E-state index is 10.4. The van der Waals surface area contributed by atoms with Crippen LogP contribution in [0.25, 0.3) is 0 Å². The van der Waals surface area contributed by atoms with Crippen LogP contribution in [0.3, 0.4) is 0 Å². The summed E-state index contributed by atoms with van der Waals surface area (Å²) in [5.41, 5.74) is 0.165. The van der Waals surface area contributed by atoms with Gasteiger partial charge in [-0.3, -0.25) is 0 Å². The van der Waals surface area contributed by atoms with Crippen molar-refractivity contribution in [2.45, 2.75) is 19.8 Å². The smallest absolute Gasteiger partial charge is 0.355 e. The highest BCUT2D eigenvalue weighted by Crippen LogP contribution is 2.11. The zero-order valence-electron chi connectivity index (χ0n) is 6.20. The quantitative estimate of drug-likeness (QED) is 0.754. The van der Waals surface area contributed by atoms with Crippen molar-refractivity contribution in [3.8, 4) is 0 Å². The summed E-state index contributed by atoms with van der Waals surface area (Å²) in [6.07, 6.45) is 1.88. The molecule has 1 aromatic rings. The van der Waals surface area contributed by atoms with Gasteiger partial charge in [-0.2, -0.15) is 0 Å². The van der Waals surface area contributed by atoms with Crippen LogP contribution in [0.4, 0.5) is 0 Å². The van der Waals surface area contributed by atoms with E-state index in [1.54, 1.807) is 5.38 Å². The van der Waals surface area contributed by atoms with Crippen molar-refractivity contribution in [3.05, 3.63) is 16.1 Å². The molecule has 0 bridgehead atoms. The van der Waals surface area contributed by atoms with E-state index >= 15 is 0 Å². The molecule has 0 saturated carbocycles. The van der Waals surface area contributed by atoms with Crippen LogP contribution in [0, 0.1) is 0 Å². The Morgan fingerprint density at radius 1 is 1.82 bits per heavy atom. The Balaban J connectivity index is 2.73. The van der Waals surface area contributed by atoms with E-state index in [1.165, 1.54) is 11.3 Å². The van der Waals surface area contributed by atoms with Gasteiger partial charge >= 0.3 is 5.97 Å². The second-order valence-electron chi connectivity index (χ2n) is 2.18. The van der Waals surface area contributed by atoms with Gasteiger partial charge in [0.15, 0.2) is 5.69 Å². The highest BCUT2D eigenvalue weighted by Gasteiger charge is 2.06. The molecule has 0 atom stereocenters. The number of carboxylic acid groups (broad SMARTS) is 1. The Morgan fingerprint density at radius 3 is 3.00 bits per heavy atom. The van der Waals surface area contributed by atoms with Gasteiger partial charge in [-0.05, 0) is 12.8 Å². The third-order valence-corrected chi connectivity index (χ3v) is 2.14. The molecule has 60 valence electrons. The van der Waals surface area contributed by atoms with Crippen molar-refractivity contribution in [2.24, 2.45) is 0 Å². The molecule has 4 heteroatoms. The topological polar surface area (TPSA) is 50.2 Å². The third kappa shape index (κ3) is 2.01. The van der Waals surface area contributed by atoms with E-state index in [0.717, 1.165) is 17.8 Å². The summed E-state index contributed by atoms with van der Waals surface area (Å²) < 4.78 is 0. The summed E-state index contributed by atoms with van der Waals surface area (Å²) in [6.45, 7) is 2.04. The number of thiazole rings is 1. The van der Waals surface area contributed by atoms with Crippen LogP contribution in [0.15, 0.2) is 5.38 Å². The summed E-state index contributed by atoms with van der Waals surface area (Å²) in [7, 11) is 0. The van der Waals surface area contributed by atoms with E-state index in [1.807, 2.05) is 6.92 Å². The van der Waals surface area contributed by atoms with Gasteiger partial charge in [-0.25, -0.2) is 9.78 Å². The lowest BCUT2D eigenvalue weighted by atomic mass is 10.3. The van der Waals surface area contributed by atoms with E-state index in [4.69, 9.17) is 5.11 Å². The number of carboxylic acids is 1. The average molecular weight is 171 g/mol. The molecule has 11 heavy (non-hydrogen) atoms. The summed E-state index contributed by atoms with van der Waals surface area (Å²) in [5, 5.41) is 11.0. The predicted octanol–water partition coefficient (Wildman–Crippen LogP) is 1.79. The lowest BCUT2D eigenvalue weighted by molar-refractivity contribution is 0.0691. The molecule has 1 heterocycles. The van der Waals surface area contributed by atoms with Crippen LogP contribution in [0.2, 0.25) is 0 Å². The van der Waals surface area contributed by atoms with Crippen LogP contribution in [-0.4, -0.2) is 16.1 Å². The zero-order valence-corrected chi connectivity index (χ0v) is 7.02. The predicted molar refractivity (Wildman–Crippen MR) is 43.1 cm³/mol. The van der Waals surface area contributed by atoms with Gasteiger partial charge in [0.2, 0.25) is 0 Å². The molecule has 0 aliphatic carbocycles. The first-order valence-electron chi connectivity index (χ1n) is 3.41. The maximum Gasteiger partial charge on any atom is 0.355 e. The normalized spacial score (nSPS) is 9.91. The molecular weight excluding hydrogens is 162 g/mol. The Bertz CT molecular complexity index is 257. The van der Waals surface area contributed by atoms with Crippen LogP contribution in [0.5, 0.6) is 0 Å². The van der Waals surface area contributed by atoms with Crippen LogP contribution in [-0.2, 0) is 6.42 Å². The monoisotopic (exact) mass is 171 g/mol. The number of rotatable bonds is 3. The Kier molecular flexibility index (Phi) is 2.59. The molecule has 3 nitrogen and oxygen atoms in total. The first kappa shape index (κ1) is 8.20. The molecule has 1 rings (SSSR count). The molecule has 0 aliphatic rings. The van der Waals surface area contributed by atoms with Gasteiger partial charge in [-0.15, -0.1) is 11.3 Å². The van der Waals surface area contributed by atoms with E-state index in [9.17, 15) is 4.79 Å². The Morgan fingerprint density at radius 2 is 2.55 bits per heavy atom. The van der Waals surface area contributed by atoms with Crippen LogP contribution >= 0.6 is 11.3 Å². The van der Waals surface area contributed by atoms with Crippen molar-refractivity contribution >= 4 is 17.3 Å². The van der Waals surface area contributed by atoms with Gasteiger partial charge in [0.05, 0.1) is 5.01 Å². The number of aromatic nitrogens is 1. The first-order valence-corrected chi connectivity index (χ1v) is 4.29. The lowest BCUT2D eigenvalue weighted by Crippen LogP contribution is -1.96. The number of hydrogen-bond acceptors (Lipinski definition) is 3. The van der Waals surface area contributed by atoms with Gasteiger partial charge in [0, 0.05) is 5.38 Å². The highest BCUT2D eigenvalue weighted by atomic mass is 32.1. The average Bonchev–Trinajstić information content (AvgIpc) is 2.37. The van der Waals surface area contributed by atoms with Crippen molar-refractivity contribution in [1.82, 2.24) is 4.98 Å². The molecule has 0 spiro atoms. The molecule has 1 aromatic heterocycles. The summed E-state index contributed by atoms with van der Waals surface area (Å²) in [6, 6.07) is 0. The van der Waals surface area contributed by atoms with Gasteiger partial charge in [-0.1, -0.05) is 6.92 Å². The third-order valence-electron chi connectivity index (χ3n) is 1.23. The summed E-state index contributed by atoms with van der Waals surface area (Å²) in [5.74, 6) is -0.941. The number of carbonyl (C=O) groups is 1. The molecule has 0 saturated heterocycles. The van der Waals surface area contributed by atoms with E-state index < -0.39 is 5.97 Å². The number of nitrogens with zero attached hydrogens (tertiary/aromatic N) is 1. The summed E-state index contributed by atoms with van der Waals surface area (Å²) in [4.78, 5) is 14.3. The fourth-order valence-corrected chi connectivity index (χ4v) is 1.61. The molecule has 0 radical (unpaired) electrons. The SMILES string of the molecule is CCCc1nc(C(=O)O)cs1. The van der Waals surface area contributed by atoms with Crippen LogP contribution in [0.1, 0.15) is 28.8 Å². The van der Waals surface area contributed by atoms with Crippen molar-refractivity contribution < 1.29 is 9.90 Å². The Labute approximate surface area is 68.7 Å². The second-order valence-corrected chi connectivity index (χ2v) is 3.12. The van der Waals surface area contributed by atoms with E-state index in [2.05, 4.69) is 4.98 Å². The molecule has 0 amide bonds. The molecule has 0 unspecified atom stereocenters. The maximum atomic E-state index is 10.4. The summed E-state index contributed by atoms with van der Waals surface area (Å²) >= 11 is 1.41. The van der Waals surface area contributed by atoms with E-state index in [0.29, 0.717) is 0 Å². The fraction of sp³-hybridized carbons (Fsp3) is 0.429. The molecule has 0 fully saturated rings. The van der Waals surface area contributed by atoms with Crippen molar-refractivity contribution in [1.29, 1.82) is 0 Å². The minimum atomic E-state index is -0.941. The molecule has 0 aliphatic heterocycles. The van der Waals surface area contributed by atoms with Crippen molar-refractivity contribution in [2.75, 3.05) is 0 Å². The Hall–Kier alpha value is -0.900. The van der Waals surface area contributed by atoms with Gasteiger partial charge < -0.3 is 5.11 Å². The number of aromatic carboxylic acids is 1. The molecule has 0 aromatic carbocycles. The highest BCUT2D eigenvalue weighted by molar-refractivity contribution is 7.09. The van der Waals surface area contributed by atoms with Gasteiger partial charge in [0.1, 0.15) is 0 Å². The first-order chi connectivity index (χ1) is 5.24. The zero-order chi connectivity index (χ0) is 8.27. The second kappa shape index (κ2) is 3.48. The van der Waals surface area contributed by atoms with Crippen molar-refractivity contribution in [3.63, 3.8) is 0 Å². The largest absolute Gasteiger partial charge is 0.476 e. The number of aryl methyl sites for hydroxylation is 1. The minimum Gasteiger partial charge on any atom is -0.476 e. The minimum absolute atomic E-state index is 0.165. The number of hydrogen-bond donors (Lipinski definition) is 1. The van der Waals surface area contributed by atoms with E-state index in [-0.39, 0.29) is 5.69 Å². The molecular formula is C7H9NO2S. The molecule has 1 N–H and O–H groups in total. The van der Waals surface area contributed by atoms with Crippen LogP contribution < -0.4 is 0 Å². The fourth-order valence-electron chi connectivity index (χ4n) is 0.738. The van der Waals surface area contributed by atoms with Gasteiger partial charge in [0.25, 0.3) is 0 Å². The lowest BCUT2D eigenvalue weighted by Gasteiger charge is -1.86. The standard InChI is InChI=1S/C7H9NO2S/c1-2-3-6-8-5(4-11-6)7(9)10/h4H,2-3H2,1H3,(H,9,10).